The van der Waals surface area contributed by atoms with Crippen LogP contribution in [0.4, 0.5) is 0 Å². The number of rotatable bonds is 3. The van der Waals surface area contributed by atoms with Gasteiger partial charge in [0.05, 0.1) is 16.6 Å². The highest BCUT2D eigenvalue weighted by Gasteiger charge is 2.07. The van der Waals surface area contributed by atoms with Crippen LogP contribution in [0.15, 0.2) is 52.4 Å². The molecule has 0 saturated carbocycles. The van der Waals surface area contributed by atoms with Gasteiger partial charge < -0.3 is 4.57 Å². The number of aromatic nitrogens is 1. The summed E-state index contributed by atoms with van der Waals surface area (Å²) < 4.78 is 3.10. The van der Waals surface area contributed by atoms with Gasteiger partial charge in [-0.1, -0.05) is 35.1 Å². The number of hydrogen-bond acceptors (Lipinski definition) is 3. The second kappa shape index (κ2) is 6.91. The summed E-state index contributed by atoms with van der Waals surface area (Å²) in [6, 6.07) is 13.6. The molecule has 0 bridgehead atoms. The molecule has 0 fully saturated rings. The van der Waals surface area contributed by atoms with E-state index in [1.165, 1.54) is 16.2 Å². The average Bonchev–Trinajstić information content (AvgIpc) is 2.85. The molecule has 6 heteroatoms. The van der Waals surface area contributed by atoms with Gasteiger partial charge in [0.15, 0.2) is 4.80 Å². The third-order valence-electron chi connectivity index (χ3n) is 3.51. The number of thiazole rings is 1. The van der Waals surface area contributed by atoms with Crippen molar-refractivity contribution in [2.75, 3.05) is 6.26 Å². The number of fused-ring (bicyclic) bond motifs is 1. The van der Waals surface area contributed by atoms with Gasteiger partial charge in [0.25, 0.3) is 5.91 Å². The van der Waals surface area contributed by atoms with Gasteiger partial charge in [-0.3, -0.25) is 4.79 Å². The number of amides is 1. The van der Waals surface area contributed by atoms with Gasteiger partial charge in [-0.15, -0.1) is 11.8 Å². The van der Waals surface area contributed by atoms with E-state index in [2.05, 4.69) is 29.4 Å². The number of nitrogens with zero attached hydrogens (tertiary/aromatic N) is 2. The van der Waals surface area contributed by atoms with Gasteiger partial charge in [0.2, 0.25) is 0 Å². The van der Waals surface area contributed by atoms with Gasteiger partial charge >= 0.3 is 0 Å². The number of carbonyl (C=O) groups is 1. The molecular formula is C17H15ClN2OS2. The molecule has 1 amide bonds. The van der Waals surface area contributed by atoms with Crippen molar-refractivity contribution in [1.82, 2.24) is 4.57 Å². The van der Waals surface area contributed by atoms with E-state index in [9.17, 15) is 4.79 Å². The first-order valence-electron chi connectivity index (χ1n) is 7.02. The van der Waals surface area contributed by atoms with Crippen molar-refractivity contribution in [1.29, 1.82) is 0 Å². The number of aryl methyl sites for hydroxylation is 1. The summed E-state index contributed by atoms with van der Waals surface area (Å²) in [4.78, 5) is 18.4. The first-order valence-corrected chi connectivity index (χ1v) is 9.44. The summed E-state index contributed by atoms with van der Waals surface area (Å²) in [5, 5.41) is 0.665. The second-order valence-electron chi connectivity index (χ2n) is 5.09. The van der Waals surface area contributed by atoms with Gasteiger partial charge in [-0.05, 0) is 42.2 Å². The molecule has 0 aliphatic rings. The number of halogens is 1. The van der Waals surface area contributed by atoms with E-state index in [0.717, 1.165) is 20.6 Å². The third kappa shape index (κ3) is 3.68. The average molecular weight is 363 g/mol. The highest BCUT2D eigenvalue weighted by molar-refractivity contribution is 7.98. The molecule has 118 valence electrons. The summed E-state index contributed by atoms with van der Waals surface area (Å²) >= 11 is 9.10. The predicted octanol–water partition coefficient (Wildman–Crippen LogP) is 4.29. The largest absolute Gasteiger partial charge is 0.319 e. The Labute approximate surface area is 147 Å². The van der Waals surface area contributed by atoms with Gasteiger partial charge in [-0.2, -0.15) is 4.99 Å². The molecular weight excluding hydrogens is 348 g/mol. The maximum Gasteiger partial charge on any atom is 0.252 e. The Hall–Kier alpha value is -1.56. The normalized spacial score (nSPS) is 12.0. The van der Waals surface area contributed by atoms with Crippen LogP contribution in [0.2, 0.25) is 5.02 Å². The van der Waals surface area contributed by atoms with Crippen molar-refractivity contribution in [2.24, 2.45) is 12.0 Å². The Balaban J connectivity index is 1.92. The summed E-state index contributed by atoms with van der Waals surface area (Å²) in [7, 11) is 1.94. The smallest absolute Gasteiger partial charge is 0.252 e. The Morgan fingerprint density at radius 3 is 2.70 bits per heavy atom. The fourth-order valence-electron chi connectivity index (χ4n) is 2.27. The number of carbonyl (C=O) groups excluding carboxylic acids is 1. The molecule has 2 aromatic carbocycles. The minimum atomic E-state index is -0.153. The Morgan fingerprint density at radius 2 is 2.00 bits per heavy atom. The number of benzene rings is 2. The van der Waals surface area contributed by atoms with Gasteiger partial charge in [-0.25, -0.2) is 0 Å². The monoisotopic (exact) mass is 362 g/mol. The van der Waals surface area contributed by atoms with E-state index in [1.807, 2.05) is 23.7 Å². The topological polar surface area (TPSA) is 34.4 Å². The van der Waals surface area contributed by atoms with E-state index in [1.54, 1.807) is 23.9 Å². The zero-order chi connectivity index (χ0) is 16.4. The van der Waals surface area contributed by atoms with E-state index in [-0.39, 0.29) is 12.3 Å². The third-order valence-corrected chi connectivity index (χ3v) is 5.58. The van der Waals surface area contributed by atoms with Gasteiger partial charge in [0, 0.05) is 17.0 Å². The summed E-state index contributed by atoms with van der Waals surface area (Å²) in [5.74, 6) is -0.153. The highest BCUT2D eigenvalue weighted by atomic mass is 35.5. The molecule has 0 atom stereocenters. The van der Waals surface area contributed by atoms with Crippen molar-refractivity contribution in [3.8, 4) is 0 Å². The summed E-state index contributed by atoms with van der Waals surface area (Å²) in [6.07, 6.45) is 2.33. The van der Waals surface area contributed by atoms with E-state index < -0.39 is 0 Å². The number of hydrogen-bond donors (Lipinski definition) is 0. The summed E-state index contributed by atoms with van der Waals surface area (Å²) in [6.45, 7) is 0. The molecule has 0 radical (unpaired) electrons. The van der Waals surface area contributed by atoms with Crippen LogP contribution in [0, 0.1) is 0 Å². The van der Waals surface area contributed by atoms with Crippen LogP contribution in [0.25, 0.3) is 10.2 Å². The lowest BCUT2D eigenvalue weighted by Gasteiger charge is -1.98. The van der Waals surface area contributed by atoms with E-state index in [4.69, 9.17) is 11.6 Å². The molecule has 0 spiro atoms. The minimum Gasteiger partial charge on any atom is -0.319 e. The Bertz CT molecular complexity index is 926. The van der Waals surface area contributed by atoms with Gasteiger partial charge in [0.1, 0.15) is 0 Å². The maximum absolute atomic E-state index is 12.2. The second-order valence-corrected chi connectivity index (χ2v) is 7.41. The molecule has 0 aliphatic heterocycles. The van der Waals surface area contributed by atoms with Crippen molar-refractivity contribution in [3.63, 3.8) is 0 Å². The van der Waals surface area contributed by atoms with Crippen LogP contribution >= 0.6 is 34.7 Å². The molecule has 0 saturated heterocycles. The predicted molar refractivity (Wildman–Crippen MR) is 98.3 cm³/mol. The van der Waals surface area contributed by atoms with Crippen LogP contribution in [-0.4, -0.2) is 16.7 Å². The molecule has 23 heavy (non-hydrogen) atoms. The molecule has 1 heterocycles. The standard InChI is InChI=1S/C17H15ClN2OS2/c1-20-14-8-7-13(22-2)10-15(14)23-17(20)19-16(21)9-11-3-5-12(18)6-4-11/h3-8,10H,9H2,1-2H3. The first-order chi connectivity index (χ1) is 11.1. The Kier molecular flexibility index (Phi) is 4.90. The number of thioether (sulfide) groups is 1. The van der Waals surface area contributed by atoms with Crippen LogP contribution in [-0.2, 0) is 18.3 Å². The zero-order valence-corrected chi connectivity index (χ0v) is 15.1. The summed E-state index contributed by atoms with van der Waals surface area (Å²) in [5.41, 5.74) is 2.00. The van der Waals surface area contributed by atoms with Crippen molar-refractivity contribution >= 4 is 50.8 Å². The SMILES string of the molecule is CSc1ccc2c(c1)sc(=NC(=O)Cc1ccc(Cl)cc1)n2C. The molecule has 3 rings (SSSR count). The van der Waals surface area contributed by atoms with Crippen LogP contribution in [0.3, 0.4) is 0 Å². The molecule has 0 aliphatic carbocycles. The quantitative estimate of drug-likeness (QED) is 0.651. The van der Waals surface area contributed by atoms with Crippen molar-refractivity contribution in [2.45, 2.75) is 11.3 Å². The first kappa shape index (κ1) is 16.3. The molecule has 1 aromatic heterocycles. The maximum atomic E-state index is 12.2. The molecule has 3 aromatic rings. The van der Waals surface area contributed by atoms with Crippen LogP contribution < -0.4 is 4.80 Å². The van der Waals surface area contributed by atoms with Crippen LogP contribution in [0.5, 0.6) is 0 Å². The highest BCUT2D eigenvalue weighted by Crippen LogP contribution is 2.23. The minimum absolute atomic E-state index is 0.153. The molecule has 3 nitrogen and oxygen atoms in total. The zero-order valence-electron chi connectivity index (χ0n) is 12.7. The van der Waals surface area contributed by atoms with Crippen molar-refractivity contribution in [3.05, 3.63) is 57.9 Å². The lowest BCUT2D eigenvalue weighted by Crippen LogP contribution is -2.14. The van der Waals surface area contributed by atoms with Crippen molar-refractivity contribution < 1.29 is 4.79 Å². The molecule has 0 unspecified atom stereocenters. The molecule has 0 N–H and O–H groups in total. The lowest BCUT2D eigenvalue weighted by molar-refractivity contribution is -0.117. The van der Waals surface area contributed by atoms with Crippen LogP contribution in [0.1, 0.15) is 5.56 Å². The van der Waals surface area contributed by atoms with E-state index in [0.29, 0.717) is 5.02 Å². The fourth-order valence-corrected chi connectivity index (χ4v) is 3.99. The lowest BCUT2D eigenvalue weighted by atomic mass is 10.1. The fraction of sp³-hybridized carbons (Fsp3) is 0.176. The Morgan fingerprint density at radius 1 is 1.26 bits per heavy atom. The van der Waals surface area contributed by atoms with E-state index >= 15 is 0 Å².